The molecule has 1 aliphatic rings. The first-order valence-corrected chi connectivity index (χ1v) is 8.96. The van der Waals surface area contributed by atoms with E-state index >= 15 is 0 Å². The van der Waals surface area contributed by atoms with Crippen LogP contribution in [-0.4, -0.2) is 63.5 Å². The number of furan rings is 1. The third-order valence-electron chi connectivity index (χ3n) is 4.69. The molecule has 26 heavy (non-hydrogen) atoms. The van der Waals surface area contributed by atoms with Crippen LogP contribution in [0.25, 0.3) is 0 Å². The summed E-state index contributed by atoms with van der Waals surface area (Å²) in [5.41, 5.74) is -0.353. The topological polar surface area (TPSA) is 99.0 Å². The molecule has 0 unspecified atom stereocenters. The standard InChI is InChI=1S/C18H29N5O3/c1-19-17(21-11-10-20-15(24)14-7-6-12-26-14)22-13-18(8-4-5-9-18)16(25)23(2)3/h6-7,12H,4-5,8-11,13H2,1-3H3,(H,20,24)(H2,19,21,22). The Kier molecular flexibility index (Phi) is 7.06. The van der Waals surface area contributed by atoms with Crippen molar-refractivity contribution >= 4 is 17.8 Å². The van der Waals surface area contributed by atoms with E-state index in [0.29, 0.717) is 25.6 Å². The zero-order valence-corrected chi connectivity index (χ0v) is 15.8. The van der Waals surface area contributed by atoms with Gasteiger partial charge in [0.15, 0.2) is 11.7 Å². The van der Waals surface area contributed by atoms with E-state index in [1.165, 1.54) is 6.26 Å². The Morgan fingerprint density at radius 3 is 2.46 bits per heavy atom. The van der Waals surface area contributed by atoms with Crippen LogP contribution in [-0.2, 0) is 4.79 Å². The number of carbonyl (C=O) groups excluding carboxylic acids is 2. The van der Waals surface area contributed by atoms with Gasteiger partial charge in [0.25, 0.3) is 5.91 Å². The van der Waals surface area contributed by atoms with Gasteiger partial charge in [-0.2, -0.15) is 0 Å². The van der Waals surface area contributed by atoms with E-state index in [2.05, 4.69) is 20.9 Å². The molecule has 1 aromatic rings. The first-order chi connectivity index (χ1) is 12.5. The number of rotatable bonds is 7. The molecular formula is C18H29N5O3. The Bertz CT molecular complexity index is 619. The molecule has 0 radical (unpaired) electrons. The molecule has 1 heterocycles. The zero-order valence-electron chi connectivity index (χ0n) is 15.8. The Hall–Kier alpha value is -2.51. The van der Waals surface area contributed by atoms with E-state index in [1.54, 1.807) is 38.2 Å². The molecule has 8 nitrogen and oxygen atoms in total. The van der Waals surface area contributed by atoms with Crippen LogP contribution in [0.5, 0.6) is 0 Å². The number of hydrogen-bond acceptors (Lipinski definition) is 4. The molecule has 8 heteroatoms. The molecular weight excluding hydrogens is 334 g/mol. The third-order valence-corrected chi connectivity index (χ3v) is 4.69. The highest BCUT2D eigenvalue weighted by atomic mass is 16.3. The summed E-state index contributed by atoms with van der Waals surface area (Å²) in [7, 11) is 5.29. The molecule has 1 aliphatic carbocycles. The fourth-order valence-corrected chi connectivity index (χ4v) is 3.32. The largest absolute Gasteiger partial charge is 0.459 e. The number of nitrogens with zero attached hydrogens (tertiary/aromatic N) is 2. The second kappa shape index (κ2) is 9.26. The van der Waals surface area contributed by atoms with Gasteiger partial charge in [0, 0.05) is 40.8 Å². The number of carbonyl (C=O) groups is 2. The van der Waals surface area contributed by atoms with Gasteiger partial charge in [0.05, 0.1) is 11.7 Å². The molecule has 0 bridgehead atoms. The van der Waals surface area contributed by atoms with Gasteiger partial charge in [-0.1, -0.05) is 12.8 Å². The minimum Gasteiger partial charge on any atom is -0.459 e. The van der Waals surface area contributed by atoms with Crippen LogP contribution < -0.4 is 16.0 Å². The quantitative estimate of drug-likeness (QED) is 0.378. The van der Waals surface area contributed by atoms with Gasteiger partial charge < -0.3 is 25.3 Å². The lowest BCUT2D eigenvalue weighted by Crippen LogP contribution is -2.50. The highest BCUT2D eigenvalue weighted by Crippen LogP contribution is 2.38. The van der Waals surface area contributed by atoms with Crippen molar-refractivity contribution in [3.8, 4) is 0 Å². The van der Waals surface area contributed by atoms with Crippen molar-refractivity contribution in [3.05, 3.63) is 24.2 Å². The fraction of sp³-hybridized carbons (Fsp3) is 0.611. The van der Waals surface area contributed by atoms with E-state index in [4.69, 9.17) is 4.42 Å². The molecule has 2 rings (SSSR count). The molecule has 3 N–H and O–H groups in total. The number of hydrogen-bond donors (Lipinski definition) is 3. The van der Waals surface area contributed by atoms with Crippen LogP contribution in [0, 0.1) is 5.41 Å². The summed E-state index contributed by atoms with van der Waals surface area (Å²) < 4.78 is 5.04. The van der Waals surface area contributed by atoms with Gasteiger partial charge in [-0.05, 0) is 25.0 Å². The number of nitrogens with one attached hydrogen (secondary N) is 3. The average Bonchev–Trinajstić information content (AvgIpc) is 3.32. The van der Waals surface area contributed by atoms with Crippen molar-refractivity contribution in [3.63, 3.8) is 0 Å². The highest BCUT2D eigenvalue weighted by molar-refractivity contribution is 5.91. The maximum atomic E-state index is 12.6. The smallest absolute Gasteiger partial charge is 0.287 e. The summed E-state index contributed by atoms with van der Waals surface area (Å²) >= 11 is 0. The summed E-state index contributed by atoms with van der Waals surface area (Å²) in [5, 5.41) is 9.18. The summed E-state index contributed by atoms with van der Waals surface area (Å²) in [6.45, 7) is 1.51. The molecule has 0 aromatic carbocycles. The Balaban J connectivity index is 1.76. The van der Waals surface area contributed by atoms with Crippen LogP contribution in [0.2, 0.25) is 0 Å². The van der Waals surface area contributed by atoms with E-state index in [9.17, 15) is 9.59 Å². The van der Waals surface area contributed by atoms with Crippen molar-refractivity contribution in [2.24, 2.45) is 10.4 Å². The van der Waals surface area contributed by atoms with Gasteiger partial charge in [0.2, 0.25) is 5.91 Å². The van der Waals surface area contributed by atoms with Crippen molar-refractivity contribution in [1.29, 1.82) is 0 Å². The molecule has 0 saturated heterocycles. The van der Waals surface area contributed by atoms with Crippen LogP contribution in [0.1, 0.15) is 36.2 Å². The number of aliphatic imine (C=N–C) groups is 1. The molecule has 0 aliphatic heterocycles. The van der Waals surface area contributed by atoms with Crippen molar-refractivity contribution in [1.82, 2.24) is 20.9 Å². The second-order valence-electron chi connectivity index (χ2n) is 6.77. The number of guanidine groups is 1. The Morgan fingerprint density at radius 2 is 1.88 bits per heavy atom. The van der Waals surface area contributed by atoms with Crippen molar-refractivity contribution in [2.75, 3.05) is 40.8 Å². The average molecular weight is 363 g/mol. The minimum atomic E-state index is -0.353. The lowest BCUT2D eigenvalue weighted by Gasteiger charge is -2.31. The van der Waals surface area contributed by atoms with Gasteiger partial charge in [-0.3, -0.25) is 14.6 Å². The molecule has 144 valence electrons. The molecule has 0 atom stereocenters. The Morgan fingerprint density at radius 1 is 1.19 bits per heavy atom. The van der Waals surface area contributed by atoms with Crippen LogP contribution >= 0.6 is 0 Å². The fourth-order valence-electron chi connectivity index (χ4n) is 3.32. The van der Waals surface area contributed by atoms with Crippen molar-refractivity contribution < 1.29 is 14.0 Å². The summed E-state index contributed by atoms with van der Waals surface area (Å²) in [5.74, 6) is 0.831. The van der Waals surface area contributed by atoms with Gasteiger partial charge in [0.1, 0.15) is 0 Å². The van der Waals surface area contributed by atoms with E-state index in [-0.39, 0.29) is 23.0 Å². The lowest BCUT2D eigenvalue weighted by molar-refractivity contribution is -0.138. The normalized spacial score (nSPS) is 16.2. The van der Waals surface area contributed by atoms with E-state index < -0.39 is 0 Å². The minimum absolute atomic E-state index is 0.170. The van der Waals surface area contributed by atoms with Crippen LogP contribution in [0.3, 0.4) is 0 Å². The summed E-state index contributed by atoms with van der Waals surface area (Å²) in [4.78, 5) is 30.2. The second-order valence-corrected chi connectivity index (χ2v) is 6.77. The Labute approximate surface area is 154 Å². The third kappa shape index (κ3) is 5.00. The number of amides is 2. The first-order valence-electron chi connectivity index (χ1n) is 8.96. The predicted molar refractivity (Wildman–Crippen MR) is 100 cm³/mol. The van der Waals surface area contributed by atoms with Gasteiger partial charge >= 0.3 is 0 Å². The predicted octanol–water partition coefficient (Wildman–Crippen LogP) is 0.823. The molecule has 1 fully saturated rings. The van der Waals surface area contributed by atoms with E-state index in [1.807, 2.05) is 0 Å². The van der Waals surface area contributed by atoms with Gasteiger partial charge in [-0.25, -0.2) is 0 Å². The monoisotopic (exact) mass is 363 g/mol. The highest BCUT2D eigenvalue weighted by Gasteiger charge is 2.42. The molecule has 2 amide bonds. The maximum absolute atomic E-state index is 12.6. The van der Waals surface area contributed by atoms with Crippen molar-refractivity contribution in [2.45, 2.75) is 25.7 Å². The SMILES string of the molecule is CN=C(NCCNC(=O)c1ccco1)NCC1(C(=O)N(C)C)CCCC1. The molecule has 0 spiro atoms. The van der Waals surface area contributed by atoms with E-state index in [0.717, 1.165) is 25.7 Å². The maximum Gasteiger partial charge on any atom is 0.287 e. The van der Waals surface area contributed by atoms with Gasteiger partial charge in [-0.15, -0.1) is 0 Å². The van der Waals surface area contributed by atoms with Crippen LogP contribution in [0.4, 0.5) is 0 Å². The molecule has 1 saturated carbocycles. The zero-order chi connectivity index (χ0) is 19.0. The molecule has 1 aromatic heterocycles. The summed E-state index contributed by atoms with van der Waals surface area (Å²) in [6.07, 6.45) is 5.41. The first kappa shape index (κ1) is 19.8. The lowest BCUT2D eigenvalue weighted by atomic mass is 9.84. The van der Waals surface area contributed by atoms with Crippen LogP contribution in [0.15, 0.2) is 27.8 Å². The summed E-state index contributed by atoms with van der Waals surface area (Å²) in [6, 6.07) is 3.29.